The summed E-state index contributed by atoms with van der Waals surface area (Å²) in [5, 5.41) is 21.9. The molecule has 0 bridgehead atoms. The second-order valence-corrected chi connectivity index (χ2v) is 9.57. The van der Waals surface area contributed by atoms with Crippen LogP contribution in [0.4, 0.5) is 0 Å². The predicted molar refractivity (Wildman–Crippen MR) is 93.3 cm³/mol. The Morgan fingerprint density at radius 1 is 1.12 bits per heavy atom. The molecular formula is C21H32O3. The van der Waals surface area contributed by atoms with E-state index in [2.05, 4.69) is 19.9 Å². The van der Waals surface area contributed by atoms with Crippen molar-refractivity contribution < 1.29 is 15.0 Å². The van der Waals surface area contributed by atoms with Crippen molar-refractivity contribution in [3.63, 3.8) is 0 Å². The third-order valence-corrected chi connectivity index (χ3v) is 8.76. The van der Waals surface area contributed by atoms with Gasteiger partial charge in [0.2, 0.25) is 0 Å². The zero-order valence-electron chi connectivity index (χ0n) is 15.3. The molecule has 0 amide bonds. The maximum absolute atomic E-state index is 12.2. The Balaban J connectivity index is 1.72. The van der Waals surface area contributed by atoms with Gasteiger partial charge in [-0.1, -0.05) is 25.5 Å². The quantitative estimate of drug-likeness (QED) is 0.721. The molecule has 0 aliphatic heterocycles. The molecule has 0 aromatic carbocycles. The molecule has 0 aromatic rings. The largest absolute Gasteiger partial charge is 0.393 e. The van der Waals surface area contributed by atoms with Crippen molar-refractivity contribution in [2.75, 3.05) is 0 Å². The van der Waals surface area contributed by atoms with Gasteiger partial charge < -0.3 is 10.2 Å². The summed E-state index contributed by atoms with van der Waals surface area (Å²) < 4.78 is 0. The number of allylic oxidation sites excluding steroid dienone is 1. The van der Waals surface area contributed by atoms with Crippen LogP contribution in [0.2, 0.25) is 0 Å². The molecule has 3 nitrogen and oxygen atoms in total. The Labute approximate surface area is 145 Å². The molecule has 0 spiro atoms. The molecule has 7 atom stereocenters. The third kappa shape index (κ3) is 1.94. The number of carbonyl (C=O) groups excluding carboxylic acids is 1. The molecule has 3 saturated carbocycles. The molecule has 0 aromatic heterocycles. The van der Waals surface area contributed by atoms with Crippen molar-refractivity contribution in [1.29, 1.82) is 0 Å². The average molecular weight is 332 g/mol. The van der Waals surface area contributed by atoms with Gasteiger partial charge in [0.1, 0.15) is 5.78 Å². The van der Waals surface area contributed by atoms with Crippen LogP contribution in [0.1, 0.15) is 72.1 Å². The normalized spacial score (nSPS) is 53.6. The zero-order chi connectivity index (χ0) is 17.3. The van der Waals surface area contributed by atoms with Crippen molar-refractivity contribution in [3.05, 3.63) is 11.6 Å². The first-order valence-corrected chi connectivity index (χ1v) is 9.83. The summed E-state index contributed by atoms with van der Waals surface area (Å²) in [6.45, 7) is 6.25. The molecule has 0 saturated heterocycles. The Kier molecular flexibility index (Phi) is 3.61. The fraction of sp³-hybridized carbons (Fsp3) is 0.857. The first-order valence-electron chi connectivity index (χ1n) is 9.83. The van der Waals surface area contributed by atoms with E-state index in [-0.39, 0.29) is 34.6 Å². The molecule has 2 N–H and O–H groups in total. The summed E-state index contributed by atoms with van der Waals surface area (Å²) in [6.07, 6.45) is 9.46. The fourth-order valence-corrected chi connectivity index (χ4v) is 7.26. The van der Waals surface area contributed by atoms with E-state index < -0.39 is 5.60 Å². The lowest BCUT2D eigenvalue weighted by atomic mass is 9.45. The average Bonchev–Trinajstić information content (AvgIpc) is 2.80. The lowest BCUT2D eigenvalue weighted by molar-refractivity contribution is -0.181. The summed E-state index contributed by atoms with van der Waals surface area (Å²) in [7, 11) is 0. The fourth-order valence-electron chi connectivity index (χ4n) is 7.26. The number of rotatable bonds is 1. The summed E-state index contributed by atoms with van der Waals surface area (Å²) in [4.78, 5) is 12.2. The van der Waals surface area contributed by atoms with Crippen LogP contribution in [-0.4, -0.2) is 27.7 Å². The van der Waals surface area contributed by atoms with E-state index in [0.717, 1.165) is 51.4 Å². The molecule has 4 rings (SSSR count). The van der Waals surface area contributed by atoms with Crippen molar-refractivity contribution in [3.8, 4) is 0 Å². The number of hydrogen-bond acceptors (Lipinski definition) is 3. The minimum Gasteiger partial charge on any atom is -0.393 e. The van der Waals surface area contributed by atoms with Crippen LogP contribution in [0, 0.1) is 28.6 Å². The highest BCUT2D eigenvalue weighted by Gasteiger charge is 2.66. The van der Waals surface area contributed by atoms with Gasteiger partial charge in [-0.2, -0.15) is 0 Å². The lowest BCUT2D eigenvalue weighted by Gasteiger charge is -2.61. The second kappa shape index (κ2) is 5.17. The van der Waals surface area contributed by atoms with E-state index in [1.165, 1.54) is 5.57 Å². The molecule has 3 fully saturated rings. The van der Waals surface area contributed by atoms with Gasteiger partial charge in [0, 0.05) is 11.3 Å². The standard InChI is InChI=1S/C21H32O3/c1-13(22)16-8-11-21(24)18-5-4-14-12-15(23)6-9-19(14,2)17(18)7-10-20(16,21)3/h4,15-18,23-24H,5-12H2,1-3H3. The van der Waals surface area contributed by atoms with Gasteiger partial charge in [0.15, 0.2) is 0 Å². The third-order valence-electron chi connectivity index (χ3n) is 8.76. The molecule has 0 heterocycles. The van der Waals surface area contributed by atoms with E-state index in [0.29, 0.717) is 5.92 Å². The molecule has 4 aliphatic carbocycles. The second-order valence-electron chi connectivity index (χ2n) is 9.57. The topological polar surface area (TPSA) is 57.5 Å². The van der Waals surface area contributed by atoms with Crippen molar-refractivity contribution in [2.45, 2.75) is 83.8 Å². The van der Waals surface area contributed by atoms with Crippen LogP contribution in [0.3, 0.4) is 0 Å². The zero-order valence-corrected chi connectivity index (χ0v) is 15.3. The summed E-state index contributed by atoms with van der Waals surface area (Å²) in [6, 6.07) is 0. The van der Waals surface area contributed by atoms with E-state index in [1.807, 2.05) is 0 Å². The van der Waals surface area contributed by atoms with Crippen LogP contribution < -0.4 is 0 Å². The summed E-state index contributed by atoms with van der Waals surface area (Å²) in [5.41, 5.74) is 0.604. The number of aliphatic hydroxyl groups excluding tert-OH is 1. The first-order chi connectivity index (χ1) is 11.2. The van der Waals surface area contributed by atoms with Gasteiger partial charge in [-0.15, -0.1) is 0 Å². The van der Waals surface area contributed by atoms with Gasteiger partial charge in [-0.05, 0) is 75.5 Å². The first kappa shape index (κ1) is 16.8. The number of carbonyl (C=O) groups is 1. The van der Waals surface area contributed by atoms with E-state index in [4.69, 9.17) is 0 Å². The van der Waals surface area contributed by atoms with Crippen LogP contribution in [0.5, 0.6) is 0 Å². The van der Waals surface area contributed by atoms with Crippen molar-refractivity contribution >= 4 is 5.78 Å². The van der Waals surface area contributed by atoms with E-state index in [9.17, 15) is 15.0 Å². The lowest BCUT2D eigenvalue weighted by Crippen LogP contribution is -2.60. The predicted octanol–water partition coefficient (Wildman–Crippen LogP) is 3.63. The van der Waals surface area contributed by atoms with Gasteiger partial charge in [-0.3, -0.25) is 4.79 Å². The Hall–Kier alpha value is -0.670. The molecule has 3 heteroatoms. The summed E-state index contributed by atoms with van der Waals surface area (Å²) >= 11 is 0. The number of ketones is 1. The van der Waals surface area contributed by atoms with Gasteiger partial charge in [0.25, 0.3) is 0 Å². The van der Waals surface area contributed by atoms with Crippen LogP contribution >= 0.6 is 0 Å². The van der Waals surface area contributed by atoms with Crippen molar-refractivity contribution in [1.82, 2.24) is 0 Å². The highest BCUT2D eigenvalue weighted by atomic mass is 16.3. The highest BCUT2D eigenvalue weighted by molar-refractivity contribution is 5.80. The van der Waals surface area contributed by atoms with E-state index >= 15 is 0 Å². The maximum atomic E-state index is 12.2. The van der Waals surface area contributed by atoms with Gasteiger partial charge in [-0.25, -0.2) is 0 Å². The highest BCUT2D eigenvalue weighted by Crippen LogP contribution is 2.67. The molecule has 24 heavy (non-hydrogen) atoms. The molecule has 0 radical (unpaired) electrons. The number of aliphatic hydroxyl groups is 2. The Morgan fingerprint density at radius 2 is 1.88 bits per heavy atom. The molecular weight excluding hydrogens is 300 g/mol. The van der Waals surface area contributed by atoms with E-state index in [1.54, 1.807) is 6.92 Å². The van der Waals surface area contributed by atoms with Crippen molar-refractivity contribution in [2.24, 2.45) is 28.6 Å². The number of Topliss-reactive ketones (excluding diaryl/α,β-unsaturated/α-hetero) is 1. The maximum Gasteiger partial charge on any atom is 0.133 e. The molecule has 4 aliphatic rings. The summed E-state index contributed by atoms with van der Waals surface area (Å²) in [5.74, 6) is 1.04. The SMILES string of the molecule is CC(=O)C1CCC2(O)C3CC=C4CC(O)CCC4(C)C3CCC12C. The Morgan fingerprint density at radius 3 is 2.58 bits per heavy atom. The molecule has 134 valence electrons. The minimum atomic E-state index is -0.701. The van der Waals surface area contributed by atoms with Gasteiger partial charge in [0.05, 0.1) is 11.7 Å². The molecule has 7 unspecified atom stereocenters. The van der Waals surface area contributed by atoms with Crippen LogP contribution in [-0.2, 0) is 4.79 Å². The van der Waals surface area contributed by atoms with Crippen LogP contribution in [0.15, 0.2) is 11.6 Å². The Bertz CT molecular complexity index is 596. The minimum absolute atomic E-state index is 0.0230. The number of fused-ring (bicyclic) bond motifs is 5. The van der Waals surface area contributed by atoms with Gasteiger partial charge >= 0.3 is 0 Å². The monoisotopic (exact) mass is 332 g/mol. The van der Waals surface area contributed by atoms with Crippen LogP contribution in [0.25, 0.3) is 0 Å². The smallest absolute Gasteiger partial charge is 0.133 e. The number of hydrogen-bond donors (Lipinski definition) is 2.